The smallest absolute Gasteiger partial charge is 0.223 e. The van der Waals surface area contributed by atoms with Crippen molar-refractivity contribution in [1.82, 2.24) is 15.0 Å². The largest absolute Gasteiger partial charge is 0.383 e. The second-order valence-corrected chi connectivity index (χ2v) is 7.06. The number of H-pyrrole nitrogens is 1. The fourth-order valence-electron chi connectivity index (χ4n) is 3.38. The fourth-order valence-corrected chi connectivity index (χ4v) is 3.38. The quantitative estimate of drug-likeness (QED) is 0.448. The third kappa shape index (κ3) is 4.51. The zero-order valence-corrected chi connectivity index (χ0v) is 16.3. The number of hydrogen-bond donors (Lipinski definition) is 4. The molecule has 6 heteroatoms. The number of benzene rings is 1. The first kappa shape index (κ1) is 19.0. The van der Waals surface area contributed by atoms with Gasteiger partial charge in [0.15, 0.2) is 0 Å². The summed E-state index contributed by atoms with van der Waals surface area (Å²) in [5.41, 5.74) is 17.4. The van der Waals surface area contributed by atoms with Gasteiger partial charge >= 0.3 is 0 Å². The molecule has 3 rings (SSSR count). The maximum absolute atomic E-state index is 6.07. The van der Waals surface area contributed by atoms with Crippen LogP contribution in [0.1, 0.15) is 56.2 Å². The van der Waals surface area contributed by atoms with E-state index in [1.165, 1.54) is 42.5 Å². The Bertz CT molecular complexity index is 899. The second kappa shape index (κ2) is 8.75. The lowest BCUT2D eigenvalue weighted by atomic mass is 10.0. The van der Waals surface area contributed by atoms with Crippen LogP contribution in [-0.2, 0) is 19.4 Å². The first-order chi connectivity index (χ1) is 13.1. The highest BCUT2D eigenvalue weighted by Crippen LogP contribution is 2.26. The van der Waals surface area contributed by atoms with Crippen LogP contribution < -0.4 is 16.8 Å². The molecule has 0 unspecified atom stereocenters. The lowest BCUT2D eigenvalue weighted by molar-refractivity contribution is 0.786. The van der Waals surface area contributed by atoms with E-state index in [0.29, 0.717) is 18.0 Å². The number of unbranched alkanes of at least 4 members (excludes halogenated alkanes) is 2. The molecule has 0 saturated heterocycles. The number of nitrogens with two attached hydrogens (primary N) is 2. The van der Waals surface area contributed by atoms with Crippen molar-refractivity contribution >= 4 is 28.5 Å². The van der Waals surface area contributed by atoms with Crippen molar-refractivity contribution < 1.29 is 0 Å². The molecule has 6 N–H and O–H groups in total. The molecule has 0 saturated carbocycles. The standard InChI is InChI=1S/C21H30N6/c1-3-5-7-14-9-10-15(8-6-4-2)17(11-14)24-12-16-13-25-20-18(16)19(22)26-21(23)27-20/h9-11,13,24H,3-8,12H2,1-2H3,(H5,22,23,25,26,27). The molecule has 0 atom stereocenters. The van der Waals surface area contributed by atoms with Crippen LogP contribution in [0.2, 0.25) is 0 Å². The molecule has 2 aromatic heterocycles. The Balaban J connectivity index is 1.83. The molecule has 3 aromatic rings. The van der Waals surface area contributed by atoms with Gasteiger partial charge in [0.1, 0.15) is 11.5 Å². The van der Waals surface area contributed by atoms with E-state index in [9.17, 15) is 0 Å². The summed E-state index contributed by atoms with van der Waals surface area (Å²) in [6.45, 7) is 5.11. The molecule has 27 heavy (non-hydrogen) atoms. The maximum atomic E-state index is 6.07. The summed E-state index contributed by atoms with van der Waals surface area (Å²) >= 11 is 0. The van der Waals surface area contributed by atoms with E-state index in [2.05, 4.69) is 52.3 Å². The van der Waals surface area contributed by atoms with Gasteiger partial charge in [-0.2, -0.15) is 9.97 Å². The minimum absolute atomic E-state index is 0.187. The van der Waals surface area contributed by atoms with Gasteiger partial charge in [0.2, 0.25) is 5.95 Å². The Labute approximate surface area is 160 Å². The topological polar surface area (TPSA) is 106 Å². The van der Waals surface area contributed by atoms with Crippen molar-refractivity contribution in [2.24, 2.45) is 0 Å². The highest BCUT2D eigenvalue weighted by Gasteiger charge is 2.12. The van der Waals surface area contributed by atoms with Crippen LogP contribution >= 0.6 is 0 Å². The summed E-state index contributed by atoms with van der Waals surface area (Å²) in [7, 11) is 0. The van der Waals surface area contributed by atoms with Crippen LogP contribution in [0.5, 0.6) is 0 Å². The van der Waals surface area contributed by atoms with Gasteiger partial charge < -0.3 is 21.8 Å². The Morgan fingerprint density at radius 2 is 1.78 bits per heavy atom. The number of aromatic amines is 1. The van der Waals surface area contributed by atoms with E-state index in [4.69, 9.17) is 11.5 Å². The molecule has 2 heterocycles. The molecule has 0 bridgehead atoms. The highest BCUT2D eigenvalue weighted by atomic mass is 15.1. The van der Waals surface area contributed by atoms with Crippen molar-refractivity contribution in [2.75, 3.05) is 16.8 Å². The number of aryl methyl sites for hydroxylation is 2. The van der Waals surface area contributed by atoms with E-state index in [-0.39, 0.29) is 5.95 Å². The van der Waals surface area contributed by atoms with Crippen molar-refractivity contribution in [3.63, 3.8) is 0 Å². The SMILES string of the molecule is CCCCc1ccc(CCCC)c(NCc2c[nH]c3nc(N)nc(N)c23)c1. The molecular formula is C21H30N6. The number of aromatic nitrogens is 3. The summed E-state index contributed by atoms with van der Waals surface area (Å²) in [6.07, 6.45) is 8.93. The van der Waals surface area contributed by atoms with Gasteiger partial charge in [-0.1, -0.05) is 38.8 Å². The average Bonchev–Trinajstić information content (AvgIpc) is 3.06. The van der Waals surface area contributed by atoms with E-state index in [0.717, 1.165) is 23.8 Å². The average molecular weight is 367 g/mol. The molecule has 0 spiro atoms. The van der Waals surface area contributed by atoms with Gasteiger partial charge in [-0.05, 0) is 42.9 Å². The van der Waals surface area contributed by atoms with Gasteiger partial charge in [0.05, 0.1) is 5.39 Å². The lowest BCUT2D eigenvalue weighted by Gasteiger charge is -2.14. The van der Waals surface area contributed by atoms with Crippen LogP contribution in [-0.4, -0.2) is 15.0 Å². The highest BCUT2D eigenvalue weighted by molar-refractivity contribution is 5.90. The second-order valence-electron chi connectivity index (χ2n) is 7.06. The zero-order chi connectivity index (χ0) is 19.2. The van der Waals surface area contributed by atoms with E-state index < -0.39 is 0 Å². The molecule has 1 aromatic carbocycles. The molecule has 0 aliphatic heterocycles. The third-order valence-corrected chi connectivity index (χ3v) is 4.92. The van der Waals surface area contributed by atoms with Gasteiger partial charge in [-0.25, -0.2) is 0 Å². The van der Waals surface area contributed by atoms with Crippen molar-refractivity contribution in [1.29, 1.82) is 0 Å². The molecule has 0 fully saturated rings. The monoisotopic (exact) mass is 366 g/mol. The minimum Gasteiger partial charge on any atom is -0.383 e. The van der Waals surface area contributed by atoms with Gasteiger partial charge in [-0.15, -0.1) is 0 Å². The Morgan fingerprint density at radius 3 is 2.56 bits per heavy atom. The summed E-state index contributed by atoms with van der Waals surface area (Å²) in [5.74, 6) is 0.602. The van der Waals surface area contributed by atoms with Gasteiger partial charge in [0, 0.05) is 24.0 Å². The Morgan fingerprint density at radius 1 is 1.00 bits per heavy atom. The van der Waals surface area contributed by atoms with Crippen LogP contribution in [0.15, 0.2) is 24.4 Å². The molecule has 0 amide bonds. The van der Waals surface area contributed by atoms with Gasteiger partial charge in [0.25, 0.3) is 0 Å². The normalized spacial score (nSPS) is 11.2. The van der Waals surface area contributed by atoms with Crippen molar-refractivity contribution in [3.8, 4) is 0 Å². The van der Waals surface area contributed by atoms with E-state index >= 15 is 0 Å². The number of nitrogens with one attached hydrogen (secondary N) is 2. The molecule has 0 aliphatic carbocycles. The number of rotatable bonds is 9. The third-order valence-electron chi connectivity index (χ3n) is 4.92. The van der Waals surface area contributed by atoms with Crippen LogP contribution in [0.25, 0.3) is 11.0 Å². The summed E-state index contributed by atoms with van der Waals surface area (Å²) in [5, 5.41) is 4.45. The fraction of sp³-hybridized carbons (Fsp3) is 0.429. The number of hydrogen-bond acceptors (Lipinski definition) is 5. The summed E-state index contributed by atoms with van der Waals surface area (Å²) < 4.78 is 0. The number of nitrogens with zero attached hydrogens (tertiary/aromatic N) is 2. The predicted octanol–water partition coefficient (Wildman–Crippen LogP) is 4.42. The van der Waals surface area contributed by atoms with Crippen LogP contribution in [0.4, 0.5) is 17.5 Å². The maximum Gasteiger partial charge on any atom is 0.223 e. The number of nitrogen functional groups attached to an aromatic ring is 2. The summed E-state index contributed by atoms with van der Waals surface area (Å²) in [6, 6.07) is 6.84. The molecule has 144 valence electrons. The predicted molar refractivity (Wildman–Crippen MR) is 114 cm³/mol. The molecule has 6 nitrogen and oxygen atoms in total. The summed E-state index contributed by atoms with van der Waals surface area (Å²) in [4.78, 5) is 11.5. The van der Waals surface area contributed by atoms with Crippen LogP contribution in [0, 0.1) is 0 Å². The van der Waals surface area contributed by atoms with E-state index in [1.54, 1.807) is 0 Å². The molecular weight excluding hydrogens is 336 g/mol. The zero-order valence-electron chi connectivity index (χ0n) is 16.3. The molecule has 0 radical (unpaired) electrons. The Kier molecular flexibility index (Phi) is 6.16. The number of fused-ring (bicyclic) bond motifs is 1. The van der Waals surface area contributed by atoms with Crippen molar-refractivity contribution in [2.45, 2.75) is 58.9 Å². The Hall–Kier alpha value is -2.76. The molecule has 0 aliphatic rings. The van der Waals surface area contributed by atoms with Crippen LogP contribution in [0.3, 0.4) is 0 Å². The first-order valence-corrected chi connectivity index (χ1v) is 9.87. The van der Waals surface area contributed by atoms with Gasteiger partial charge in [-0.3, -0.25) is 0 Å². The van der Waals surface area contributed by atoms with E-state index in [1.807, 2.05) is 6.20 Å². The lowest BCUT2D eigenvalue weighted by Crippen LogP contribution is -2.05. The number of anilines is 3. The minimum atomic E-state index is 0.187. The van der Waals surface area contributed by atoms with Crippen molar-refractivity contribution in [3.05, 3.63) is 41.1 Å². The first-order valence-electron chi connectivity index (χ1n) is 9.87.